The third-order valence-corrected chi connectivity index (χ3v) is 9.91. The number of ether oxygens (including phenoxy) is 2. The zero-order chi connectivity index (χ0) is 29.5. The molecule has 0 bridgehead atoms. The van der Waals surface area contributed by atoms with Crippen molar-refractivity contribution in [2.45, 2.75) is 97.4 Å². The number of aryl methyl sites for hydroxylation is 1. The minimum atomic E-state index is -2.90. The summed E-state index contributed by atoms with van der Waals surface area (Å²) in [7, 11) is -1.35. The molecule has 0 fully saturated rings. The van der Waals surface area contributed by atoms with Crippen molar-refractivity contribution in [3.8, 4) is 5.75 Å². The Labute approximate surface area is 202 Å². The van der Waals surface area contributed by atoms with Crippen molar-refractivity contribution in [1.29, 1.82) is 0 Å². The quantitative estimate of drug-likeness (QED) is 0.473. The fourth-order valence-electron chi connectivity index (χ4n) is 2.81. The highest BCUT2D eigenvalue weighted by molar-refractivity contribution is 6.74. The van der Waals surface area contributed by atoms with Gasteiger partial charge in [-0.1, -0.05) is 20.8 Å². The van der Waals surface area contributed by atoms with Crippen LogP contribution in [-0.2, 0) is 15.6 Å². The number of nitrogens with one attached hydrogen (secondary N) is 1. The zero-order valence-electron chi connectivity index (χ0n) is 26.7. The Kier molecular flexibility index (Phi) is 5.20. The van der Waals surface area contributed by atoms with E-state index in [-0.39, 0.29) is 12.8 Å². The SMILES string of the molecule is [2H]C([2H])([2H])C(CCc1cc2cc(NC(=O)OC(C)(C)C)c(OC)cn2n1)(O[Si](C)(C)C(C)(C)C)C([2H])([2H])[2H]. The second kappa shape index (κ2) is 9.06. The summed E-state index contributed by atoms with van der Waals surface area (Å²) < 4.78 is 67.9. The van der Waals surface area contributed by atoms with Gasteiger partial charge < -0.3 is 13.9 Å². The maximum Gasteiger partial charge on any atom is 0.412 e. The normalized spacial score (nSPS) is 16.9. The minimum absolute atomic E-state index is 0.0459. The molecule has 0 aliphatic carbocycles. The highest BCUT2D eigenvalue weighted by Gasteiger charge is 2.41. The Hall–Kier alpha value is -2.06. The molecular formula is C24H41N3O4Si. The second-order valence-corrected chi connectivity index (χ2v) is 15.3. The molecule has 180 valence electrons. The summed E-state index contributed by atoms with van der Waals surface area (Å²) in [6.07, 6.45) is 0.682. The van der Waals surface area contributed by atoms with Gasteiger partial charge in [0.25, 0.3) is 0 Å². The first kappa shape index (κ1) is 18.4. The average molecular weight is 470 g/mol. The third-order valence-electron chi connectivity index (χ3n) is 5.44. The van der Waals surface area contributed by atoms with Crippen molar-refractivity contribution in [3.63, 3.8) is 0 Å². The lowest BCUT2D eigenvalue weighted by Crippen LogP contribution is -2.47. The van der Waals surface area contributed by atoms with Crippen LogP contribution in [-0.4, -0.2) is 42.3 Å². The molecule has 2 aromatic rings. The largest absolute Gasteiger partial charge is 0.493 e. The molecule has 0 spiro atoms. The van der Waals surface area contributed by atoms with E-state index >= 15 is 0 Å². The molecule has 0 unspecified atom stereocenters. The van der Waals surface area contributed by atoms with Crippen LogP contribution in [0.3, 0.4) is 0 Å². The van der Waals surface area contributed by atoms with Crippen LogP contribution in [0.5, 0.6) is 5.75 Å². The number of methoxy groups -OCH3 is 1. The predicted octanol–water partition coefficient (Wildman–Crippen LogP) is 6.42. The predicted molar refractivity (Wildman–Crippen MR) is 132 cm³/mol. The van der Waals surface area contributed by atoms with Crippen LogP contribution in [0.2, 0.25) is 18.1 Å². The summed E-state index contributed by atoms with van der Waals surface area (Å²) in [5, 5.41) is 6.76. The molecule has 8 heteroatoms. The summed E-state index contributed by atoms with van der Waals surface area (Å²) in [4.78, 5) is 12.3. The summed E-state index contributed by atoms with van der Waals surface area (Å²) in [5.74, 6) is 0.332. The van der Waals surface area contributed by atoms with Crippen molar-refractivity contribution in [1.82, 2.24) is 9.61 Å². The van der Waals surface area contributed by atoms with Crippen LogP contribution in [0.1, 0.15) is 75.6 Å². The number of amides is 1. The number of anilines is 1. The molecular weight excluding hydrogens is 422 g/mol. The fraction of sp³-hybridized carbons (Fsp3) is 0.667. The van der Waals surface area contributed by atoms with E-state index in [0.29, 0.717) is 22.6 Å². The summed E-state index contributed by atoms with van der Waals surface area (Å²) in [6, 6.07) is 3.35. The van der Waals surface area contributed by atoms with Crippen LogP contribution in [0.4, 0.5) is 10.5 Å². The fourth-order valence-corrected chi connectivity index (χ4v) is 4.09. The lowest BCUT2D eigenvalue weighted by atomic mass is 10.0. The number of hydrogen-bond acceptors (Lipinski definition) is 5. The number of pyridine rings is 1. The summed E-state index contributed by atoms with van der Waals surface area (Å²) in [5.41, 5.74) is -1.62. The van der Waals surface area contributed by atoms with Gasteiger partial charge in [0.15, 0.2) is 14.1 Å². The molecule has 0 aromatic carbocycles. The van der Waals surface area contributed by atoms with E-state index < -0.39 is 44.4 Å². The minimum Gasteiger partial charge on any atom is -0.493 e. The monoisotopic (exact) mass is 469 g/mol. The molecule has 32 heavy (non-hydrogen) atoms. The highest BCUT2D eigenvalue weighted by Crippen LogP contribution is 2.40. The maximum atomic E-state index is 12.3. The highest BCUT2D eigenvalue weighted by atomic mass is 28.4. The molecule has 0 saturated heterocycles. The van der Waals surface area contributed by atoms with Gasteiger partial charge in [-0.3, -0.25) is 5.32 Å². The standard InChI is InChI=1S/C24H41N3O4Si/c1-22(2,3)30-21(28)25-19-15-18-14-17(26-27(18)16-20(19)29-9)12-13-24(7,8)31-32(10,11)23(4,5)6/h14-16H,12-13H2,1-11H3,(H,25,28)/i7D3,8D3. The second-order valence-electron chi connectivity index (χ2n) is 10.6. The van der Waals surface area contributed by atoms with Crippen molar-refractivity contribution in [2.24, 2.45) is 0 Å². The molecule has 2 rings (SSSR count). The van der Waals surface area contributed by atoms with Gasteiger partial charge in [-0.05, 0) is 77.6 Å². The molecule has 7 nitrogen and oxygen atoms in total. The Morgan fingerprint density at radius 2 is 1.84 bits per heavy atom. The van der Waals surface area contributed by atoms with Gasteiger partial charge in [0.05, 0.1) is 35.8 Å². The van der Waals surface area contributed by atoms with E-state index in [0.717, 1.165) is 0 Å². The van der Waals surface area contributed by atoms with E-state index in [4.69, 9.17) is 22.1 Å². The molecule has 0 saturated carbocycles. The first-order valence-corrected chi connectivity index (χ1v) is 13.6. The van der Waals surface area contributed by atoms with Gasteiger partial charge >= 0.3 is 6.09 Å². The van der Waals surface area contributed by atoms with E-state index in [1.807, 2.05) is 33.9 Å². The third kappa shape index (κ3) is 6.97. The van der Waals surface area contributed by atoms with Crippen LogP contribution in [0, 0.1) is 0 Å². The summed E-state index contributed by atoms with van der Waals surface area (Å²) in [6.45, 7) is 8.94. The summed E-state index contributed by atoms with van der Waals surface area (Å²) >= 11 is 0. The van der Waals surface area contributed by atoms with Crippen molar-refractivity contribution >= 4 is 25.6 Å². The Morgan fingerprint density at radius 1 is 1.19 bits per heavy atom. The molecule has 0 atom stereocenters. The van der Waals surface area contributed by atoms with Gasteiger partial charge in [-0.2, -0.15) is 5.10 Å². The lowest BCUT2D eigenvalue weighted by molar-refractivity contribution is 0.0635. The zero-order valence-corrected chi connectivity index (χ0v) is 21.7. The van der Waals surface area contributed by atoms with Gasteiger partial charge in [-0.15, -0.1) is 0 Å². The smallest absolute Gasteiger partial charge is 0.412 e. The van der Waals surface area contributed by atoms with Crippen molar-refractivity contribution in [2.75, 3.05) is 12.4 Å². The maximum absolute atomic E-state index is 12.3. The van der Waals surface area contributed by atoms with Crippen LogP contribution in [0.15, 0.2) is 18.3 Å². The van der Waals surface area contributed by atoms with Crippen LogP contribution >= 0.6 is 0 Å². The van der Waals surface area contributed by atoms with Gasteiger partial charge in [-0.25, -0.2) is 9.31 Å². The van der Waals surface area contributed by atoms with Crippen LogP contribution < -0.4 is 10.1 Å². The first-order chi connectivity index (χ1) is 16.9. The number of nitrogens with zero attached hydrogens (tertiary/aromatic N) is 2. The van der Waals surface area contributed by atoms with Gasteiger partial charge in [0.1, 0.15) is 5.60 Å². The molecule has 0 radical (unpaired) electrons. The van der Waals surface area contributed by atoms with Crippen molar-refractivity contribution in [3.05, 3.63) is 24.0 Å². The molecule has 2 aromatic heterocycles. The Balaban J connectivity index is 2.45. The number of carbonyl (C=O) groups excluding carboxylic acids is 1. The van der Waals surface area contributed by atoms with Crippen molar-refractivity contribution < 1.29 is 26.9 Å². The number of rotatable bonds is 7. The average Bonchev–Trinajstić information content (AvgIpc) is 3.07. The topological polar surface area (TPSA) is 74.1 Å². The molecule has 1 N–H and O–H groups in total. The van der Waals surface area contributed by atoms with E-state index in [9.17, 15) is 4.79 Å². The lowest BCUT2D eigenvalue weighted by Gasteiger charge is -2.42. The molecule has 0 aliphatic rings. The first-order valence-electron chi connectivity index (χ1n) is 13.7. The number of carbonyl (C=O) groups is 1. The van der Waals surface area contributed by atoms with Gasteiger partial charge in [0, 0.05) is 8.22 Å². The van der Waals surface area contributed by atoms with E-state index in [1.54, 1.807) is 39.1 Å². The van der Waals surface area contributed by atoms with Crippen LogP contribution in [0.25, 0.3) is 5.52 Å². The molecule has 1 amide bonds. The van der Waals surface area contributed by atoms with E-state index in [2.05, 4.69) is 10.4 Å². The number of fused-ring (bicyclic) bond motifs is 1. The molecule has 2 heterocycles. The Morgan fingerprint density at radius 3 is 2.38 bits per heavy atom. The number of hydrogen-bond donors (Lipinski definition) is 1. The van der Waals surface area contributed by atoms with E-state index in [1.165, 1.54) is 11.6 Å². The Bertz CT molecular complexity index is 1130. The number of aromatic nitrogens is 2. The molecule has 0 aliphatic heterocycles. The van der Waals surface area contributed by atoms with Gasteiger partial charge in [0.2, 0.25) is 0 Å².